The molecule has 0 saturated carbocycles. The summed E-state index contributed by atoms with van der Waals surface area (Å²) < 4.78 is 5.61. The maximum Gasteiger partial charge on any atom is 0.220 e. The second-order valence-corrected chi connectivity index (χ2v) is 6.11. The normalized spacial score (nSPS) is 11.8. The minimum absolute atomic E-state index is 0.0508. The highest BCUT2D eigenvalue weighted by atomic mass is 35.5. The van der Waals surface area contributed by atoms with Gasteiger partial charge in [-0.05, 0) is 43.2 Å². The Bertz CT molecular complexity index is 626. The van der Waals surface area contributed by atoms with E-state index in [0.29, 0.717) is 29.5 Å². The number of halogens is 2. The zero-order valence-corrected chi connectivity index (χ0v) is 14.4. The van der Waals surface area contributed by atoms with Crippen molar-refractivity contribution in [3.05, 3.63) is 64.1 Å². The molecule has 0 aromatic heterocycles. The van der Waals surface area contributed by atoms with Crippen LogP contribution in [0.3, 0.4) is 0 Å². The van der Waals surface area contributed by atoms with Crippen LogP contribution in [0.1, 0.15) is 18.9 Å². The number of hydrogen-bond acceptors (Lipinski definition) is 2. The van der Waals surface area contributed by atoms with Crippen molar-refractivity contribution in [3.63, 3.8) is 0 Å². The van der Waals surface area contributed by atoms with Gasteiger partial charge in [0.2, 0.25) is 5.91 Å². The topological polar surface area (TPSA) is 38.3 Å². The van der Waals surface area contributed by atoms with Crippen molar-refractivity contribution in [2.75, 3.05) is 6.61 Å². The van der Waals surface area contributed by atoms with Gasteiger partial charge in [0.1, 0.15) is 12.4 Å². The van der Waals surface area contributed by atoms with Crippen LogP contribution >= 0.6 is 23.2 Å². The van der Waals surface area contributed by atoms with Crippen molar-refractivity contribution in [2.24, 2.45) is 0 Å². The number of nitrogens with one attached hydrogen (secondary N) is 1. The van der Waals surface area contributed by atoms with Gasteiger partial charge in [0.15, 0.2) is 0 Å². The molecule has 3 nitrogen and oxygen atoms in total. The number of ether oxygens (including phenoxy) is 1. The molecule has 0 unspecified atom stereocenters. The van der Waals surface area contributed by atoms with E-state index in [-0.39, 0.29) is 11.9 Å². The predicted molar refractivity (Wildman–Crippen MR) is 94.3 cm³/mol. The average Bonchev–Trinajstić information content (AvgIpc) is 2.53. The Morgan fingerprint density at radius 3 is 2.39 bits per heavy atom. The Morgan fingerprint density at radius 2 is 1.74 bits per heavy atom. The molecule has 122 valence electrons. The molecule has 2 aromatic carbocycles. The molecule has 2 aromatic rings. The number of carbonyl (C=O) groups is 1. The van der Waals surface area contributed by atoms with E-state index in [0.717, 1.165) is 11.3 Å². The molecule has 0 bridgehead atoms. The lowest BCUT2D eigenvalue weighted by Crippen LogP contribution is -2.36. The average molecular weight is 352 g/mol. The summed E-state index contributed by atoms with van der Waals surface area (Å²) in [5.41, 5.74) is 0.805. The van der Waals surface area contributed by atoms with Crippen LogP contribution in [-0.4, -0.2) is 18.6 Å². The summed E-state index contributed by atoms with van der Waals surface area (Å²) >= 11 is 12.2. The first-order valence-corrected chi connectivity index (χ1v) is 8.22. The third-order valence-electron chi connectivity index (χ3n) is 3.31. The molecule has 0 saturated heterocycles. The number of benzene rings is 2. The van der Waals surface area contributed by atoms with E-state index < -0.39 is 0 Å². The summed E-state index contributed by atoms with van der Waals surface area (Å²) in [7, 11) is 0. The molecule has 0 aliphatic rings. The second-order valence-electron chi connectivity index (χ2n) is 5.29. The van der Waals surface area contributed by atoms with Crippen LogP contribution in [0.4, 0.5) is 0 Å². The molecule has 0 radical (unpaired) electrons. The second kappa shape index (κ2) is 8.80. The highest BCUT2D eigenvalue weighted by Gasteiger charge is 2.11. The zero-order chi connectivity index (χ0) is 16.7. The van der Waals surface area contributed by atoms with Gasteiger partial charge in [0.05, 0.1) is 6.04 Å². The highest BCUT2D eigenvalue weighted by molar-refractivity contribution is 6.36. The summed E-state index contributed by atoms with van der Waals surface area (Å²) in [4.78, 5) is 12.0. The molecule has 0 aliphatic heterocycles. The third-order valence-corrected chi connectivity index (χ3v) is 4.02. The molecule has 1 atom stereocenters. The van der Waals surface area contributed by atoms with E-state index in [1.807, 2.05) is 37.3 Å². The summed E-state index contributed by atoms with van der Waals surface area (Å²) in [5, 5.41) is 4.09. The summed E-state index contributed by atoms with van der Waals surface area (Å²) in [5.74, 6) is 0.738. The fourth-order valence-corrected chi connectivity index (χ4v) is 2.72. The maximum atomic E-state index is 12.0. The summed E-state index contributed by atoms with van der Waals surface area (Å²) in [6.45, 7) is 2.33. The van der Waals surface area contributed by atoms with Crippen molar-refractivity contribution in [3.8, 4) is 5.75 Å². The molecular weight excluding hydrogens is 333 g/mol. The minimum Gasteiger partial charge on any atom is -0.491 e. The Kier molecular flexibility index (Phi) is 6.75. The van der Waals surface area contributed by atoms with Crippen molar-refractivity contribution < 1.29 is 9.53 Å². The van der Waals surface area contributed by atoms with E-state index in [1.54, 1.807) is 18.2 Å². The van der Waals surface area contributed by atoms with E-state index >= 15 is 0 Å². The summed E-state index contributed by atoms with van der Waals surface area (Å²) in [6, 6.07) is 14.8. The van der Waals surface area contributed by atoms with Crippen molar-refractivity contribution in [2.45, 2.75) is 25.8 Å². The Hall–Kier alpha value is -1.71. The first kappa shape index (κ1) is 17.6. The van der Waals surface area contributed by atoms with E-state index in [2.05, 4.69) is 5.32 Å². The Labute approximate surface area is 146 Å². The molecular formula is C18H19Cl2NO2. The van der Waals surface area contributed by atoms with Gasteiger partial charge in [-0.25, -0.2) is 0 Å². The number of hydrogen-bond donors (Lipinski definition) is 1. The van der Waals surface area contributed by atoms with Crippen LogP contribution < -0.4 is 10.1 Å². The lowest BCUT2D eigenvalue weighted by atomic mass is 10.1. The predicted octanol–water partition coefficient (Wildman–Crippen LogP) is 4.51. The number of carbonyl (C=O) groups excluding carboxylic acids is 1. The molecule has 5 heteroatoms. The molecule has 1 amide bonds. The lowest BCUT2D eigenvalue weighted by Gasteiger charge is -2.15. The van der Waals surface area contributed by atoms with Crippen molar-refractivity contribution >= 4 is 29.1 Å². The van der Waals surface area contributed by atoms with Gasteiger partial charge in [0.25, 0.3) is 0 Å². The SMILES string of the molecule is C[C@H](COc1ccccc1)NC(=O)CCc1c(Cl)cccc1Cl. The first-order valence-electron chi connectivity index (χ1n) is 7.46. The van der Waals surface area contributed by atoms with Crippen LogP contribution in [-0.2, 0) is 11.2 Å². The van der Waals surface area contributed by atoms with Gasteiger partial charge in [-0.3, -0.25) is 4.79 Å². The van der Waals surface area contributed by atoms with E-state index in [9.17, 15) is 4.79 Å². The monoisotopic (exact) mass is 351 g/mol. The fraction of sp³-hybridized carbons (Fsp3) is 0.278. The molecule has 23 heavy (non-hydrogen) atoms. The van der Waals surface area contributed by atoms with Gasteiger partial charge in [0, 0.05) is 16.5 Å². The molecule has 0 aliphatic carbocycles. The van der Waals surface area contributed by atoms with Crippen LogP contribution in [0, 0.1) is 0 Å². The number of amides is 1. The van der Waals surface area contributed by atoms with Gasteiger partial charge >= 0.3 is 0 Å². The van der Waals surface area contributed by atoms with E-state index in [1.165, 1.54) is 0 Å². The van der Waals surface area contributed by atoms with Gasteiger partial charge in [-0.2, -0.15) is 0 Å². The number of para-hydroxylation sites is 1. The van der Waals surface area contributed by atoms with Gasteiger partial charge in [-0.15, -0.1) is 0 Å². The minimum atomic E-state index is -0.0792. The fourth-order valence-electron chi connectivity index (χ4n) is 2.14. The van der Waals surface area contributed by atoms with Crippen molar-refractivity contribution in [1.82, 2.24) is 5.32 Å². The molecule has 0 fully saturated rings. The van der Waals surface area contributed by atoms with Crippen LogP contribution in [0.25, 0.3) is 0 Å². The summed E-state index contributed by atoms with van der Waals surface area (Å²) in [6.07, 6.45) is 0.843. The van der Waals surface area contributed by atoms with Crippen LogP contribution in [0.15, 0.2) is 48.5 Å². The third kappa shape index (κ3) is 5.77. The molecule has 0 spiro atoms. The smallest absolute Gasteiger partial charge is 0.220 e. The van der Waals surface area contributed by atoms with Gasteiger partial charge < -0.3 is 10.1 Å². The lowest BCUT2D eigenvalue weighted by molar-refractivity contribution is -0.121. The highest BCUT2D eigenvalue weighted by Crippen LogP contribution is 2.25. The van der Waals surface area contributed by atoms with Gasteiger partial charge in [-0.1, -0.05) is 47.5 Å². The van der Waals surface area contributed by atoms with E-state index in [4.69, 9.17) is 27.9 Å². The molecule has 0 heterocycles. The molecule has 2 rings (SSSR count). The van der Waals surface area contributed by atoms with Crippen LogP contribution in [0.5, 0.6) is 5.75 Å². The largest absolute Gasteiger partial charge is 0.491 e. The Morgan fingerprint density at radius 1 is 1.09 bits per heavy atom. The Balaban J connectivity index is 1.76. The first-order chi connectivity index (χ1) is 11.1. The quantitative estimate of drug-likeness (QED) is 0.796. The molecule has 1 N–H and O–H groups in total. The standard InChI is InChI=1S/C18H19Cl2NO2/c1-13(12-23-14-6-3-2-4-7-14)21-18(22)11-10-15-16(19)8-5-9-17(15)20/h2-9,13H,10-12H2,1H3,(H,21,22)/t13-/m1/s1. The van der Waals surface area contributed by atoms with Crippen molar-refractivity contribution in [1.29, 1.82) is 0 Å². The zero-order valence-electron chi connectivity index (χ0n) is 12.9. The maximum absolute atomic E-state index is 12.0. The number of rotatable bonds is 7. The van der Waals surface area contributed by atoms with Crippen LogP contribution in [0.2, 0.25) is 10.0 Å².